The summed E-state index contributed by atoms with van der Waals surface area (Å²) in [4.78, 5) is 13.6. The molecule has 21 heavy (non-hydrogen) atoms. The fraction of sp³-hybridized carbons (Fsp3) is 0.500. The number of anilines is 2. The van der Waals surface area contributed by atoms with Crippen molar-refractivity contribution < 1.29 is 0 Å². The van der Waals surface area contributed by atoms with E-state index in [0.717, 1.165) is 27.9 Å². The highest BCUT2D eigenvalue weighted by Crippen LogP contribution is 2.27. The Morgan fingerprint density at radius 1 is 1.10 bits per heavy atom. The Morgan fingerprint density at radius 2 is 1.76 bits per heavy atom. The topological polar surface area (TPSA) is 88.8 Å². The van der Waals surface area contributed by atoms with Crippen LogP contribution in [-0.2, 0) is 0 Å². The van der Waals surface area contributed by atoms with Gasteiger partial charge in [-0.15, -0.1) is 11.3 Å². The molecule has 0 aliphatic heterocycles. The van der Waals surface area contributed by atoms with Crippen molar-refractivity contribution in [2.24, 2.45) is 5.84 Å². The summed E-state index contributed by atoms with van der Waals surface area (Å²) in [7, 11) is 0. The van der Waals surface area contributed by atoms with Gasteiger partial charge in [0.05, 0.1) is 6.04 Å². The molecule has 0 fully saturated rings. The number of nitrogens with zero attached hydrogens (tertiary/aromatic N) is 3. The van der Waals surface area contributed by atoms with E-state index in [1.165, 1.54) is 0 Å². The van der Waals surface area contributed by atoms with Gasteiger partial charge in [-0.2, -0.15) is 0 Å². The van der Waals surface area contributed by atoms with E-state index in [2.05, 4.69) is 46.5 Å². The Kier molecular flexibility index (Phi) is 4.74. The number of hydrogen-bond donors (Lipinski definition) is 3. The first-order valence-electron chi connectivity index (χ1n) is 6.96. The van der Waals surface area contributed by atoms with Crippen molar-refractivity contribution in [3.05, 3.63) is 27.5 Å². The molecular weight excluding hydrogens is 284 g/mol. The first kappa shape index (κ1) is 15.7. The van der Waals surface area contributed by atoms with E-state index in [9.17, 15) is 0 Å². The van der Waals surface area contributed by atoms with Crippen LogP contribution in [0.5, 0.6) is 0 Å². The zero-order chi connectivity index (χ0) is 15.6. The predicted molar refractivity (Wildman–Crippen MR) is 87.6 cm³/mol. The molecule has 0 saturated heterocycles. The summed E-state index contributed by atoms with van der Waals surface area (Å²) >= 11 is 1.65. The predicted octanol–water partition coefficient (Wildman–Crippen LogP) is 3.13. The molecule has 0 amide bonds. The van der Waals surface area contributed by atoms with Crippen molar-refractivity contribution in [1.82, 2.24) is 15.0 Å². The molecule has 2 aromatic heterocycles. The third-order valence-corrected chi connectivity index (χ3v) is 4.32. The van der Waals surface area contributed by atoms with E-state index >= 15 is 0 Å². The summed E-state index contributed by atoms with van der Waals surface area (Å²) in [5, 5.41) is 6.50. The Morgan fingerprint density at radius 3 is 2.29 bits per heavy atom. The molecular formula is C14H22N6S. The van der Waals surface area contributed by atoms with Crippen LogP contribution in [0.2, 0.25) is 0 Å². The SMILES string of the molecule is Cc1csc(C(C)Nc2nc(C(C)C)nc(NN)c2C)n1. The van der Waals surface area contributed by atoms with Gasteiger partial charge < -0.3 is 10.7 Å². The molecule has 114 valence electrons. The van der Waals surface area contributed by atoms with Crippen molar-refractivity contribution in [2.45, 2.75) is 46.6 Å². The van der Waals surface area contributed by atoms with Crippen LogP contribution in [0.25, 0.3) is 0 Å². The lowest BCUT2D eigenvalue weighted by molar-refractivity contribution is 0.764. The Hall–Kier alpha value is -1.73. The van der Waals surface area contributed by atoms with Gasteiger partial charge in [0.15, 0.2) is 0 Å². The average Bonchev–Trinajstić information content (AvgIpc) is 2.87. The van der Waals surface area contributed by atoms with Crippen LogP contribution in [-0.4, -0.2) is 15.0 Å². The first-order chi connectivity index (χ1) is 9.92. The molecule has 0 aliphatic carbocycles. The van der Waals surface area contributed by atoms with Crippen LogP contribution in [0, 0.1) is 13.8 Å². The fourth-order valence-corrected chi connectivity index (χ4v) is 2.71. The lowest BCUT2D eigenvalue weighted by atomic mass is 10.2. The van der Waals surface area contributed by atoms with Gasteiger partial charge in [-0.25, -0.2) is 20.8 Å². The molecule has 7 heteroatoms. The second-order valence-electron chi connectivity index (χ2n) is 5.40. The standard InChI is InChI=1S/C14H22N6S/c1-7(2)11-18-12(9(4)13(19-11)20-15)17-10(5)14-16-8(3)6-21-14/h6-7,10H,15H2,1-5H3,(H2,17,18,19,20). The van der Waals surface area contributed by atoms with Crippen molar-refractivity contribution in [3.8, 4) is 0 Å². The van der Waals surface area contributed by atoms with Gasteiger partial charge in [-0.1, -0.05) is 13.8 Å². The minimum Gasteiger partial charge on any atom is -0.361 e. The third kappa shape index (κ3) is 3.48. The first-order valence-corrected chi connectivity index (χ1v) is 7.84. The minimum absolute atomic E-state index is 0.0861. The average molecular weight is 306 g/mol. The monoisotopic (exact) mass is 306 g/mol. The van der Waals surface area contributed by atoms with Crippen LogP contribution in [0.1, 0.15) is 54.8 Å². The molecule has 0 aromatic carbocycles. The zero-order valence-electron chi connectivity index (χ0n) is 13.1. The van der Waals surface area contributed by atoms with Crippen molar-refractivity contribution in [1.29, 1.82) is 0 Å². The van der Waals surface area contributed by atoms with E-state index < -0.39 is 0 Å². The highest BCUT2D eigenvalue weighted by atomic mass is 32.1. The molecule has 1 unspecified atom stereocenters. The van der Waals surface area contributed by atoms with Crippen molar-refractivity contribution in [2.75, 3.05) is 10.7 Å². The van der Waals surface area contributed by atoms with Gasteiger partial charge in [0.1, 0.15) is 22.5 Å². The molecule has 0 radical (unpaired) electrons. The molecule has 2 rings (SSSR count). The Balaban J connectivity index is 2.32. The smallest absolute Gasteiger partial charge is 0.148 e. The zero-order valence-corrected chi connectivity index (χ0v) is 13.9. The molecule has 6 nitrogen and oxygen atoms in total. The molecule has 1 atom stereocenters. The maximum absolute atomic E-state index is 5.56. The van der Waals surface area contributed by atoms with E-state index in [4.69, 9.17) is 5.84 Å². The number of rotatable bonds is 5. The summed E-state index contributed by atoms with van der Waals surface area (Å²) in [5.41, 5.74) is 4.59. The van der Waals surface area contributed by atoms with E-state index in [0.29, 0.717) is 5.82 Å². The van der Waals surface area contributed by atoms with Crippen molar-refractivity contribution in [3.63, 3.8) is 0 Å². The second kappa shape index (κ2) is 6.36. The minimum atomic E-state index is 0.0861. The molecule has 0 bridgehead atoms. The molecule has 2 aromatic rings. The molecule has 0 saturated carbocycles. The number of hydrazine groups is 1. The van der Waals surface area contributed by atoms with Crippen LogP contribution in [0.15, 0.2) is 5.38 Å². The summed E-state index contributed by atoms with van der Waals surface area (Å²) in [6.45, 7) is 10.1. The third-order valence-electron chi connectivity index (χ3n) is 3.18. The Bertz CT molecular complexity index is 622. The Labute approximate surface area is 129 Å². The fourth-order valence-electron chi connectivity index (χ4n) is 1.91. The van der Waals surface area contributed by atoms with Gasteiger partial charge in [-0.05, 0) is 20.8 Å². The van der Waals surface area contributed by atoms with Gasteiger partial charge in [0, 0.05) is 22.6 Å². The lowest BCUT2D eigenvalue weighted by Crippen LogP contribution is -2.16. The molecule has 2 heterocycles. The summed E-state index contributed by atoms with van der Waals surface area (Å²) in [6, 6.07) is 0.0861. The van der Waals surface area contributed by atoms with Gasteiger partial charge in [-0.3, -0.25) is 0 Å². The number of aryl methyl sites for hydroxylation is 1. The van der Waals surface area contributed by atoms with Crippen LogP contribution < -0.4 is 16.6 Å². The number of nitrogens with two attached hydrogens (primary N) is 1. The second-order valence-corrected chi connectivity index (χ2v) is 6.29. The van der Waals surface area contributed by atoms with E-state index in [1.54, 1.807) is 11.3 Å². The number of aromatic nitrogens is 3. The van der Waals surface area contributed by atoms with Crippen LogP contribution in [0.4, 0.5) is 11.6 Å². The largest absolute Gasteiger partial charge is 0.361 e. The number of hydrogen-bond acceptors (Lipinski definition) is 7. The molecule has 4 N–H and O–H groups in total. The van der Waals surface area contributed by atoms with Crippen LogP contribution >= 0.6 is 11.3 Å². The molecule has 0 aliphatic rings. The highest BCUT2D eigenvalue weighted by Gasteiger charge is 2.16. The maximum atomic E-state index is 5.56. The summed E-state index contributed by atoms with van der Waals surface area (Å²) < 4.78 is 0. The maximum Gasteiger partial charge on any atom is 0.148 e. The van der Waals surface area contributed by atoms with Gasteiger partial charge in [0.25, 0.3) is 0 Å². The van der Waals surface area contributed by atoms with E-state index in [-0.39, 0.29) is 12.0 Å². The lowest BCUT2D eigenvalue weighted by Gasteiger charge is -2.18. The number of thiazole rings is 1. The van der Waals surface area contributed by atoms with E-state index in [1.807, 2.05) is 19.2 Å². The summed E-state index contributed by atoms with van der Waals surface area (Å²) in [5.74, 6) is 8.00. The quantitative estimate of drug-likeness (QED) is 0.581. The van der Waals surface area contributed by atoms with Gasteiger partial charge in [0.2, 0.25) is 0 Å². The summed E-state index contributed by atoms with van der Waals surface area (Å²) in [6.07, 6.45) is 0. The number of nitrogen functional groups attached to an aromatic ring is 1. The van der Waals surface area contributed by atoms with Crippen molar-refractivity contribution >= 4 is 23.0 Å². The number of nitrogens with one attached hydrogen (secondary N) is 2. The van der Waals surface area contributed by atoms with Crippen LogP contribution in [0.3, 0.4) is 0 Å². The van der Waals surface area contributed by atoms with Gasteiger partial charge >= 0.3 is 0 Å². The molecule has 0 spiro atoms. The highest BCUT2D eigenvalue weighted by molar-refractivity contribution is 7.09. The normalized spacial score (nSPS) is 12.5.